The Bertz CT molecular complexity index is 428. The number of rotatable bonds is 9. The van der Waals surface area contributed by atoms with Gasteiger partial charge in [-0.1, -0.05) is 38.3 Å². The summed E-state index contributed by atoms with van der Waals surface area (Å²) >= 11 is 0. The van der Waals surface area contributed by atoms with Gasteiger partial charge in [0, 0.05) is 19.6 Å². The van der Waals surface area contributed by atoms with Gasteiger partial charge in [-0.15, -0.1) is 0 Å². The van der Waals surface area contributed by atoms with Crippen molar-refractivity contribution in [3.8, 4) is 5.75 Å². The highest BCUT2D eigenvalue weighted by atomic mass is 16.3. The van der Waals surface area contributed by atoms with E-state index in [1.165, 1.54) is 31.2 Å². The molecule has 0 saturated heterocycles. The molecule has 0 aliphatic carbocycles. The number of guanidine groups is 1. The fourth-order valence-corrected chi connectivity index (χ4v) is 2.36. The summed E-state index contributed by atoms with van der Waals surface area (Å²) in [5.41, 5.74) is 1.25. The third kappa shape index (κ3) is 7.91. The second-order valence-corrected chi connectivity index (χ2v) is 5.81. The molecule has 1 unspecified atom stereocenters. The van der Waals surface area contributed by atoms with E-state index < -0.39 is 0 Å². The molecule has 0 radical (unpaired) electrons. The summed E-state index contributed by atoms with van der Waals surface area (Å²) in [7, 11) is 1.81. The third-order valence-corrected chi connectivity index (χ3v) is 3.72. The maximum absolute atomic E-state index is 9.26. The monoisotopic (exact) mass is 305 g/mol. The molecular weight excluding hydrogens is 274 g/mol. The Morgan fingerprint density at radius 3 is 2.55 bits per heavy atom. The second-order valence-electron chi connectivity index (χ2n) is 5.81. The number of aliphatic imine (C=N–C) groups is 1. The number of phenols is 1. The maximum Gasteiger partial charge on any atom is 0.191 e. The Kier molecular flexibility index (Phi) is 9.12. The molecule has 22 heavy (non-hydrogen) atoms. The number of nitrogens with zero attached hydrogens (tertiary/aromatic N) is 1. The summed E-state index contributed by atoms with van der Waals surface area (Å²) in [6.07, 6.45) is 7.04. The molecule has 0 spiro atoms. The lowest BCUT2D eigenvalue weighted by molar-refractivity contribution is 0.475. The van der Waals surface area contributed by atoms with E-state index in [9.17, 15) is 5.11 Å². The molecule has 0 aliphatic rings. The first-order chi connectivity index (χ1) is 10.7. The van der Waals surface area contributed by atoms with Gasteiger partial charge in [-0.25, -0.2) is 0 Å². The summed E-state index contributed by atoms with van der Waals surface area (Å²) < 4.78 is 0. The minimum atomic E-state index is 0.323. The fourth-order valence-electron chi connectivity index (χ4n) is 2.36. The molecule has 0 bridgehead atoms. The predicted octanol–water partition coefficient (Wildman–Crippen LogP) is 3.46. The molecule has 4 heteroatoms. The van der Waals surface area contributed by atoms with Crippen LogP contribution in [0.5, 0.6) is 5.75 Å². The predicted molar refractivity (Wildman–Crippen MR) is 94.5 cm³/mol. The molecule has 1 aromatic carbocycles. The molecule has 0 aliphatic heterocycles. The van der Waals surface area contributed by atoms with Crippen molar-refractivity contribution in [3.63, 3.8) is 0 Å². The van der Waals surface area contributed by atoms with Crippen LogP contribution in [0, 0.1) is 0 Å². The molecule has 4 nitrogen and oxygen atoms in total. The molecule has 0 heterocycles. The lowest BCUT2D eigenvalue weighted by atomic mass is 10.1. The van der Waals surface area contributed by atoms with Gasteiger partial charge >= 0.3 is 0 Å². The van der Waals surface area contributed by atoms with E-state index in [2.05, 4.69) is 29.5 Å². The van der Waals surface area contributed by atoms with E-state index in [0.717, 1.165) is 25.3 Å². The number of benzene rings is 1. The number of hydrogen-bond acceptors (Lipinski definition) is 2. The summed E-state index contributed by atoms with van der Waals surface area (Å²) in [6.45, 7) is 5.33. The van der Waals surface area contributed by atoms with Gasteiger partial charge in [0.25, 0.3) is 0 Å². The van der Waals surface area contributed by atoms with Gasteiger partial charge in [0.05, 0.1) is 0 Å². The topological polar surface area (TPSA) is 56.7 Å². The molecular formula is C18H31N3O. The molecule has 0 saturated carbocycles. The smallest absolute Gasteiger partial charge is 0.191 e. The molecule has 124 valence electrons. The van der Waals surface area contributed by atoms with Gasteiger partial charge < -0.3 is 15.7 Å². The van der Waals surface area contributed by atoms with E-state index in [0.29, 0.717) is 11.8 Å². The van der Waals surface area contributed by atoms with E-state index in [1.807, 2.05) is 19.2 Å². The summed E-state index contributed by atoms with van der Waals surface area (Å²) in [4.78, 5) is 4.27. The van der Waals surface area contributed by atoms with Crippen molar-refractivity contribution in [2.45, 2.75) is 58.4 Å². The molecule has 1 atom stereocenters. The maximum atomic E-state index is 9.26. The van der Waals surface area contributed by atoms with E-state index in [1.54, 1.807) is 12.1 Å². The van der Waals surface area contributed by atoms with Crippen molar-refractivity contribution in [1.82, 2.24) is 10.6 Å². The van der Waals surface area contributed by atoms with Crippen molar-refractivity contribution >= 4 is 5.96 Å². The molecule has 3 N–H and O–H groups in total. The number of hydrogen-bond donors (Lipinski definition) is 3. The zero-order chi connectivity index (χ0) is 16.2. The van der Waals surface area contributed by atoms with E-state index in [4.69, 9.17) is 0 Å². The Morgan fingerprint density at radius 2 is 1.91 bits per heavy atom. The molecule has 1 aromatic rings. The van der Waals surface area contributed by atoms with Crippen molar-refractivity contribution in [3.05, 3.63) is 29.8 Å². The first kappa shape index (κ1) is 18.3. The van der Waals surface area contributed by atoms with Crippen LogP contribution in [-0.4, -0.2) is 30.7 Å². The lowest BCUT2D eigenvalue weighted by Crippen LogP contribution is -2.42. The minimum absolute atomic E-state index is 0.323. The first-order valence-corrected chi connectivity index (χ1v) is 8.40. The van der Waals surface area contributed by atoms with Gasteiger partial charge in [-0.05, 0) is 43.9 Å². The van der Waals surface area contributed by atoms with E-state index in [-0.39, 0.29) is 0 Å². The Labute approximate surface area is 135 Å². The van der Waals surface area contributed by atoms with Crippen LogP contribution in [0.4, 0.5) is 0 Å². The van der Waals surface area contributed by atoms with Crippen molar-refractivity contribution in [2.24, 2.45) is 4.99 Å². The van der Waals surface area contributed by atoms with Crippen LogP contribution >= 0.6 is 0 Å². The Morgan fingerprint density at radius 1 is 1.18 bits per heavy atom. The quantitative estimate of drug-likeness (QED) is 0.372. The van der Waals surface area contributed by atoms with Crippen LogP contribution in [-0.2, 0) is 6.42 Å². The number of aromatic hydroxyl groups is 1. The SMILES string of the molecule is CCCCCC(C)NC(=NC)NCCCc1ccc(O)cc1. The highest BCUT2D eigenvalue weighted by Crippen LogP contribution is 2.10. The van der Waals surface area contributed by atoms with Gasteiger partial charge in [0.15, 0.2) is 5.96 Å². The van der Waals surface area contributed by atoms with Gasteiger partial charge in [-0.2, -0.15) is 0 Å². The highest BCUT2D eigenvalue weighted by molar-refractivity contribution is 5.79. The number of unbranched alkanes of at least 4 members (excludes halogenated alkanes) is 2. The average molecular weight is 305 g/mol. The number of aryl methyl sites for hydroxylation is 1. The van der Waals surface area contributed by atoms with Crippen LogP contribution < -0.4 is 10.6 Å². The lowest BCUT2D eigenvalue weighted by Gasteiger charge is -2.17. The molecule has 0 amide bonds. The first-order valence-electron chi connectivity index (χ1n) is 8.40. The average Bonchev–Trinajstić information content (AvgIpc) is 2.52. The number of nitrogens with one attached hydrogen (secondary N) is 2. The normalized spacial score (nSPS) is 13.0. The van der Waals surface area contributed by atoms with Crippen LogP contribution in [0.15, 0.2) is 29.3 Å². The van der Waals surface area contributed by atoms with Crippen LogP contribution in [0.1, 0.15) is 51.5 Å². The minimum Gasteiger partial charge on any atom is -0.508 e. The molecule has 0 aromatic heterocycles. The highest BCUT2D eigenvalue weighted by Gasteiger charge is 2.04. The number of phenolic OH excluding ortho intramolecular Hbond substituents is 1. The molecule has 0 fully saturated rings. The zero-order valence-corrected chi connectivity index (χ0v) is 14.2. The van der Waals surface area contributed by atoms with Gasteiger partial charge in [0.1, 0.15) is 5.75 Å². The van der Waals surface area contributed by atoms with Crippen LogP contribution in [0.2, 0.25) is 0 Å². The Balaban J connectivity index is 2.19. The van der Waals surface area contributed by atoms with Gasteiger partial charge in [0.2, 0.25) is 0 Å². The third-order valence-electron chi connectivity index (χ3n) is 3.72. The fraction of sp³-hybridized carbons (Fsp3) is 0.611. The van der Waals surface area contributed by atoms with Crippen molar-refractivity contribution in [1.29, 1.82) is 0 Å². The van der Waals surface area contributed by atoms with Gasteiger partial charge in [-0.3, -0.25) is 4.99 Å². The summed E-state index contributed by atoms with van der Waals surface area (Å²) in [5, 5.41) is 16.1. The standard InChI is InChI=1S/C18H31N3O/c1-4-5-6-8-15(2)21-18(19-3)20-14-7-9-16-10-12-17(22)13-11-16/h10-13,15,22H,4-9,14H2,1-3H3,(H2,19,20,21). The largest absolute Gasteiger partial charge is 0.508 e. The summed E-state index contributed by atoms with van der Waals surface area (Å²) in [5.74, 6) is 1.21. The zero-order valence-electron chi connectivity index (χ0n) is 14.2. The Hall–Kier alpha value is -1.71. The van der Waals surface area contributed by atoms with Crippen molar-refractivity contribution in [2.75, 3.05) is 13.6 Å². The second kappa shape index (κ2) is 10.9. The van der Waals surface area contributed by atoms with Crippen LogP contribution in [0.3, 0.4) is 0 Å². The van der Waals surface area contributed by atoms with Crippen molar-refractivity contribution < 1.29 is 5.11 Å². The molecule has 1 rings (SSSR count). The summed E-state index contributed by atoms with van der Waals surface area (Å²) in [6, 6.07) is 7.87. The van der Waals surface area contributed by atoms with Crippen LogP contribution in [0.25, 0.3) is 0 Å². The van der Waals surface area contributed by atoms with E-state index >= 15 is 0 Å².